The molecule has 2 aromatic rings. The van der Waals surface area contributed by atoms with Crippen LogP contribution in [0.15, 0.2) is 16.9 Å². The number of benzene rings is 1. The second kappa shape index (κ2) is 8.88. The van der Waals surface area contributed by atoms with Gasteiger partial charge in [0.2, 0.25) is 11.8 Å². The highest BCUT2D eigenvalue weighted by Crippen LogP contribution is 2.32. The van der Waals surface area contributed by atoms with Gasteiger partial charge in [0.25, 0.3) is 0 Å². The van der Waals surface area contributed by atoms with Crippen molar-refractivity contribution in [3.8, 4) is 0 Å². The number of hydrogen-bond acceptors (Lipinski definition) is 6. The van der Waals surface area contributed by atoms with Crippen LogP contribution in [0.5, 0.6) is 0 Å². The van der Waals surface area contributed by atoms with Gasteiger partial charge in [-0.25, -0.2) is 9.18 Å². The summed E-state index contributed by atoms with van der Waals surface area (Å²) in [7, 11) is 1.48. The minimum atomic E-state index is -0.859. The molecule has 10 heteroatoms. The van der Waals surface area contributed by atoms with Crippen LogP contribution in [0.4, 0.5) is 10.1 Å². The number of nitrogens with one attached hydrogen (secondary N) is 1. The fourth-order valence-electron chi connectivity index (χ4n) is 4.89. The molecule has 2 fully saturated rings. The predicted octanol–water partition coefficient (Wildman–Crippen LogP) is 2.41. The number of ether oxygens (including phenoxy) is 1. The highest BCUT2D eigenvalue weighted by Gasteiger charge is 2.33. The lowest BCUT2D eigenvalue weighted by molar-refractivity contribution is -0.156. The molecule has 0 radical (unpaired) electrons. The molecule has 1 N–H and O–H groups in total. The highest BCUT2D eigenvalue weighted by molar-refractivity contribution is 6.00. The third-order valence-electron chi connectivity index (χ3n) is 6.51. The normalized spacial score (nSPS) is 20.0. The fourth-order valence-corrected chi connectivity index (χ4v) is 4.89. The average molecular weight is 475 g/mol. The molecule has 1 aromatic heterocycles. The number of hydrogen-bond donors (Lipinski definition) is 1. The quantitative estimate of drug-likeness (QED) is 0.539. The van der Waals surface area contributed by atoms with E-state index in [1.165, 1.54) is 16.2 Å². The van der Waals surface area contributed by atoms with E-state index in [9.17, 15) is 19.2 Å². The first-order valence-electron chi connectivity index (χ1n) is 11.7. The minimum Gasteiger partial charge on any atom is -0.460 e. The summed E-state index contributed by atoms with van der Waals surface area (Å²) in [6, 6.07) is 2.43. The molecule has 2 amide bonds. The van der Waals surface area contributed by atoms with E-state index in [0.29, 0.717) is 30.7 Å². The van der Waals surface area contributed by atoms with E-state index in [0.717, 1.165) is 12.8 Å². The Morgan fingerprint density at radius 1 is 1.15 bits per heavy atom. The molecule has 34 heavy (non-hydrogen) atoms. The van der Waals surface area contributed by atoms with Crippen molar-refractivity contribution in [1.29, 1.82) is 0 Å². The molecule has 2 saturated heterocycles. The molecule has 3 heterocycles. The Balaban J connectivity index is 1.54. The average Bonchev–Trinajstić information content (AvgIpc) is 2.99. The van der Waals surface area contributed by atoms with Gasteiger partial charge in [-0.2, -0.15) is 0 Å². The van der Waals surface area contributed by atoms with Crippen molar-refractivity contribution in [2.75, 3.05) is 18.0 Å². The number of fused-ring (bicyclic) bond motifs is 1. The summed E-state index contributed by atoms with van der Waals surface area (Å²) in [6.07, 6.45) is 2.12. The van der Waals surface area contributed by atoms with Gasteiger partial charge >= 0.3 is 11.7 Å². The third-order valence-corrected chi connectivity index (χ3v) is 6.51. The highest BCUT2D eigenvalue weighted by atomic mass is 19.1. The second-order valence-electron chi connectivity index (χ2n) is 10.2. The van der Waals surface area contributed by atoms with E-state index >= 15 is 4.39 Å². The van der Waals surface area contributed by atoms with E-state index in [1.54, 1.807) is 12.1 Å². The number of amides is 2. The maximum atomic E-state index is 15.7. The lowest BCUT2D eigenvalue weighted by atomic mass is 9.93. The summed E-state index contributed by atoms with van der Waals surface area (Å²) >= 11 is 0. The SMILES string of the molecule is Cn1c(=O)n(C2CCC(=O)NC2=O)c2ccc(N3CCC(CC(=O)OC(C)(C)C)CC3)c(F)c21. The molecule has 1 aromatic carbocycles. The summed E-state index contributed by atoms with van der Waals surface area (Å²) in [5.41, 5.74) is -0.182. The number of piperidine rings is 2. The summed E-state index contributed by atoms with van der Waals surface area (Å²) in [4.78, 5) is 50.9. The number of esters is 1. The monoisotopic (exact) mass is 474 g/mol. The molecule has 9 nitrogen and oxygen atoms in total. The van der Waals surface area contributed by atoms with Crippen molar-refractivity contribution >= 4 is 34.5 Å². The van der Waals surface area contributed by atoms with Crippen molar-refractivity contribution in [2.45, 2.75) is 64.5 Å². The van der Waals surface area contributed by atoms with E-state index in [1.807, 2.05) is 25.7 Å². The number of rotatable bonds is 4. The molecule has 184 valence electrons. The first-order valence-corrected chi connectivity index (χ1v) is 11.7. The molecule has 0 bridgehead atoms. The Morgan fingerprint density at radius 2 is 1.82 bits per heavy atom. The van der Waals surface area contributed by atoms with E-state index in [2.05, 4.69) is 5.32 Å². The van der Waals surface area contributed by atoms with Gasteiger partial charge in [-0.05, 0) is 58.1 Å². The van der Waals surface area contributed by atoms with Crippen LogP contribution in [0, 0.1) is 11.7 Å². The van der Waals surface area contributed by atoms with Crippen molar-refractivity contribution < 1.29 is 23.5 Å². The van der Waals surface area contributed by atoms with Crippen LogP contribution in [0.2, 0.25) is 0 Å². The topological polar surface area (TPSA) is 103 Å². The first kappa shape index (κ1) is 24.0. The summed E-state index contributed by atoms with van der Waals surface area (Å²) < 4.78 is 23.6. The van der Waals surface area contributed by atoms with Gasteiger partial charge < -0.3 is 9.64 Å². The van der Waals surface area contributed by atoms with Crippen LogP contribution in [0.25, 0.3) is 11.0 Å². The zero-order valence-electron chi connectivity index (χ0n) is 20.0. The number of imide groups is 1. The smallest absolute Gasteiger partial charge is 0.329 e. The number of aromatic nitrogens is 2. The summed E-state index contributed by atoms with van der Waals surface area (Å²) in [6.45, 7) is 6.68. The first-order chi connectivity index (χ1) is 16.0. The number of halogens is 1. The van der Waals surface area contributed by atoms with Gasteiger partial charge in [-0.1, -0.05) is 0 Å². The molecule has 0 spiro atoms. The van der Waals surface area contributed by atoms with E-state index in [4.69, 9.17) is 4.74 Å². The van der Waals surface area contributed by atoms with Crippen molar-refractivity contribution in [1.82, 2.24) is 14.5 Å². The Morgan fingerprint density at radius 3 is 2.44 bits per heavy atom. The Labute approximate surface area is 196 Å². The van der Waals surface area contributed by atoms with Gasteiger partial charge in [-0.3, -0.25) is 28.8 Å². The van der Waals surface area contributed by atoms with Crippen molar-refractivity contribution in [3.05, 3.63) is 28.4 Å². The molecule has 1 atom stereocenters. The second-order valence-corrected chi connectivity index (χ2v) is 10.2. The zero-order chi connectivity index (χ0) is 24.8. The van der Waals surface area contributed by atoms with Crippen LogP contribution < -0.4 is 15.9 Å². The standard InChI is InChI=1S/C24H31FN4O5/c1-24(2,3)34-19(31)13-14-9-11-28(12-10-14)15-5-6-16-21(20(15)25)27(4)23(33)29(16)17-7-8-18(30)26-22(17)32/h5-6,14,17H,7-13H2,1-4H3,(H,26,30,32). The van der Waals surface area contributed by atoms with Crippen LogP contribution >= 0.6 is 0 Å². The molecular weight excluding hydrogens is 443 g/mol. The number of nitrogens with zero attached hydrogens (tertiary/aromatic N) is 3. The predicted molar refractivity (Wildman–Crippen MR) is 124 cm³/mol. The lowest BCUT2D eigenvalue weighted by Gasteiger charge is -2.34. The van der Waals surface area contributed by atoms with Gasteiger partial charge in [0.05, 0.1) is 11.2 Å². The number of carbonyl (C=O) groups excluding carboxylic acids is 3. The summed E-state index contributed by atoms with van der Waals surface area (Å²) in [5.74, 6) is -1.49. The van der Waals surface area contributed by atoms with E-state index < -0.39 is 29.1 Å². The Kier molecular flexibility index (Phi) is 6.26. The van der Waals surface area contributed by atoms with Crippen LogP contribution in [0.3, 0.4) is 0 Å². The molecule has 2 aliphatic heterocycles. The minimum absolute atomic E-state index is 0.123. The molecule has 0 saturated carbocycles. The van der Waals surface area contributed by atoms with Gasteiger partial charge in [0.15, 0.2) is 5.82 Å². The van der Waals surface area contributed by atoms with Crippen LogP contribution in [-0.2, 0) is 26.2 Å². The van der Waals surface area contributed by atoms with Gasteiger partial charge in [0, 0.05) is 33.0 Å². The number of anilines is 1. The summed E-state index contributed by atoms with van der Waals surface area (Å²) in [5, 5.41) is 2.25. The maximum Gasteiger partial charge on any atom is 0.329 e. The fraction of sp³-hybridized carbons (Fsp3) is 0.583. The lowest BCUT2D eigenvalue weighted by Crippen LogP contribution is -2.44. The largest absolute Gasteiger partial charge is 0.460 e. The number of imidazole rings is 1. The van der Waals surface area contributed by atoms with Gasteiger partial charge in [-0.15, -0.1) is 0 Å². The van der Waals surface area contributed by atoms with Crippen LogP contribution in [0.1, 0.15) is 58.9 Å². The molecule has 2 aliphatic rings. The number of carbonyl (C=O) groups is 3. The Hall–Kier alpha value is -3.17. The zero-order valence-corrected chi connectivity index (χ0v) is 20.0. The van der Waals surface area contributed by atoms with E-state index in [-0.39, 0.29) is 36.2 Å². The number of aryl methyl sites for hydroxylation is 1. The van der Waals surface area contributed by atoms with Crippen LogP contribution in [-0.4, -0.2) is 45.6 Å². The molecule has 4 rings (SSSR count). The van der Waals surface area contributed by atoms with Gasteiger partial charge in [0.1, 0.15) is 17.2 Å². The van der Waals surface area contributed by atoms with Crippen molar-refractivity contribution in [3.63, 3.8) is 0 Å². The molecule has 1 unspecified atom stereocenters. The molecule has 0 aliphatic carbocycles. The third kappa shape index (κ3) is 4.58. The Bertz CT molecular complexity index is 1200. The molecular formula is C24H31FN4O5. The maximum absolute atomic E-state index is 15.7. The van der Waals surface area contributed by atoms with Crippen molar-refractivity contribution in [2.24, 2.45) is 13.0 Å².